The first-order valence-corrected chi connectivity index (χ1v) is 39.4. The lowest BCUT2D eigenvalue weighted by Gasteiger charge is -2.55. The molecular weight excluding hydrogens is 1360 g/mol. The van der Waals surface area contributed by atoms with Crippen molar-refractivity contribution in [2.24, 2.45) is 21.7 Å². The number of rotatable bonds is 4. The average Bonchev–Trinajstić information content (AvgIpc) is 1.66. The lowest BCUT2D eigenvalue weighted by atomic mass is 9.49. The molecule has 6 fully saturated rings. The van der Waals surface area contributed by atoms with Crippen LogP contribution in [0.15, 0.2) is 121 Å². The van der Waals surface area contributed by atoms with Gasteiger partial charge in [0.15, 0.2) is 0 Å². The van der Waals surface area contributed by atoms with Gasteiger partial charge in [-0.05, 0) is 197 Å². The lowest BCUT2D eigenvalue weighted by molar-refractivity contribution is 0.0394. The van der Waals surface area contributed by atoms with E-state index < -0.39 is 0 Å². The van der Waals surface area contributed by atoms with E-state index in [2.05, 4.69) is 126 Å². The van der Waals surface area contributed by atoms with Gasteiger partial charge in [0.1, 0.15) is 70.8 Å². The molecule has 4 heterocycles. The summed E-state index contributed by atoms with van der Waals surface area (Å²) in [6.07, 6.45) is 29.6. The molecule has 17 heteroatoms. The maximum atomic E-state index is 9.87. The summed E-state index contributed by atoms with van der Waals surface area (Å²) in [5, 5.41) is 84.0. The van der Waals surface area contributed by atoms with E-state index in [1.165, 1.54) is 89.6 Å². The Morgan fingerprint density at radius 2 is 0.649 bits per heavy atom. The van der Waals surface area contributed by atoms with Crippen LogP contribution in [0.4, 0.5) is 0 Å². The van der Waals surface area contributed by atoms with Crippen molar-refractivity contribution in [1.29, 1.82) is 42.1 Å². The molecule has 3 aromatic carbocycles. The monoisotopic (exact) mass is 1410 g/mol. The lowest BCUT2D eigenvalue weighted by Crippen LogP contribution is -2.43. The first-order valence-electron chi connectivity index (χ1n) is 32.4. The van der Waals surface area contributed by atoms with Gasteiger partial charge in [-0.2, -0.15) is 42.1 Å². The van der Waals surface area contributed by atoms with Crippen LogP contribution >= 0.6 is 107 Å². The highest BCUT2D eigenvalue weighted by Gasteiger charge is 2.55. The fourth-order valence-corrected chi connectivity index (χ4v) is 29.8. The predicted octanol–water partition coefficient (Wildman–Crippen LogP) is 16.6. The number of hydrogen-bond acceptors (Lipinski definition) is 17. The molecule has 0 radical (unpaired) electrons. The standard InChI is InChI=1S/C80H50N8S9/c81-36-46(37-82)54-6-7-55(47(38-83)39-84)62-27-50(26-61(54)62)77-10-16-79(17-11-77,18-12-77)52-30-67-68(31-52)93-75(92-67)73-90-65-24-44-23-45-25-66-72(35-60(45)58(5-3-1-2-4-22-89)59(44)34-71(65)96-73)97-74(91-66)76-94-69-32-53(33-70(69)95-76)80-19-13-78(14-20-80,15-21-80)51-28-63-56(48(40-85)41-86)8-9-57(64(63)29-51)49(42-87)43-88/h6-9,23,26,28,30,32,89H,10-21,24-25,27,29,31,33-35H2/b75-73-,76-74+. The highest BCUT2D eigenvalue weighted by molar-refractivity contribution is 8.35. The first-order chi connectivity index (χ1) is 47.4. The van der Waals surface area contributed by atoms with Crippen molar-refractivity contribution < 1.29 is 0 Å². The average molecular weight is 1410 g/mol. The highest BCUT2D eigenvalue weighted by Crippen LogP contribution is 2.71. The third-order valence-corrected chi connectivity index (χ3v) is 35.0. The molecule has 0 aromatic heterocycles. The molecule has 8 nitrogen and oxygen atoms in total. The van der Waals surface area contributed by atoms with Gasteiger partial charge in [0.05, 0.1) is 16.9 Å². The molecule has 464 valence electrons. The summed E-state index contributed by atoms with van der Waals surface area (Å²) >= 11 is 19.9. The van der Waals surface area contributed by atoms with Crippen molar-refractivity contribution in [3.05, 3.63) is 192 Å². The summed E-state index contributed by atoms with van der Waals surface area (Å²) in [6.45, 7) is 0. The summed E-state index contributed by atoms with van der Waals surface area (Å²) in [4.78, 5) is 11.7. The number of allylic oxidation sites excluding steroid dienone is 12. The quantitative estimate of drug-likeness (QED) is 0.192. The molecule has 0 amide bonds. The van der Waals surface area contributed by atoms with Crippen LogP contribution < -0.4 is 20.9 Å². The molecule has 4 aliphatic heterocycles. The van der Waals surface area contributed by atoms with Crippen LogP contribution in [0.25, 0.3) is 34.4 Å². The van der Waals surface area contributed by atoms with Gasteiger partial charge >= 0.3 is 0 Å². The van der Waals surface area contributed by atoms with Crippen LogP contribution in [0.1, 0.15) is 140 Å². The van der Waals surface area contributed by atoms with Gasteiger partial charge in [0, 0.05) is 104 Å². The topological polar surface area (TPSA) is 190 Å². The number of thiol groups is 1. The van der Waals surface area contributed by atoms with Gasteiger partial charge in [0.2, 0.25) is 0 Å². The molecule has 3 aromatic rings. The molecule has 6 saturated carbocycles. The van der Waals surface area contributed by atoms with E-state index in [1.807, 2.05) is 94.1 Å². The molecule has 0 saturated heterocycles. The number of nitriles is 8. The minimum Gasteiger partial charge on any atom is -0.192 e. The molecule has 0 N–H and O–H groups in total. The molecule has 0 unspecified atom stereocenters. The summed E-state index contributed by atoms with van der Waals surface area (Å²) in [7, 11) is 0. The van der Waals surface area contributed by atoms with E-state index in [0.29, 0.717) is 33.7 Å². The third-order valence-electron chi connectivity index (χ3n) is 23.3. The molecule has 19 rings (SSSR count). The van der Waals surface area contributed by atoms with Crippen molar-refractivity contribution in [1.82, 2.24) is 0 Å². The van der Waals surface area contributed by atoms with Gasteiger partial charge in [0.25, 0.3) is 0 Å². The minimum atomic E-state index is 0.0264. The summed E-state index contributed by atoms with van der Waals surface area (Å²) in [5.41, 5.74) is 16.5. The van der Waals surface area contributed by atoms with Gasteiger partial charge in [-0.15, -0.1) is 0 Å². The van der Waals surface area contributed by atoms with E-state index in [1.54, 1.807) is 35.4 Å². The van der Waals surface area contributed by atoms with E-state index in [9.17, 15) is 42.1 Å². The third kappa shape index (κ3) is 10.1. The Morgan fingerprint density at radius 3 is 1.01 bits per heavy atom. The van der Waals surface area contributed by atoms with Gasteiger partial charge in [-0.25, -0.2) is 0 Å². The number of fused-ring (bicyclic) bond motifs is 10. The Kier molecular flexibility index (Phi) is 15.7. The van der Waals surface area contributed by atoms with Gasteiger partial charge in [-0.1, -0.05) is 177 Å². The Labute approximate surface area is 603 Å². The van der Waals surface area contributed by atoms with E-state index in [-0.39, 0.29) is 44.0 Å². The fraction of sp³-hybridized carbons (Fsp3) is 0.300. The smallest absolute Gasteiger partial charge is 0.137 e. The molecule has 16 aliphatic rings. The van der Waals surface area contributed by atoms with E-state index in [4.69, 9.17) is 0 Å². The summed E-state index contributed by atoms with van der Waals surface area (Å²) < 4.78 is 5.63. The zero-order valence-electron chi connectivity index (χ0n) is 52.1. The highest BCUT2D eigenvalue weighted by atomic mass is 32.2. The van der Waals surface area contributed by atoms with Crippen molar-refractivity contribution in [3.8, 4) is 83.4 Å². The fourth-order valence-electron chi connectivity index (χ4n) is 18.1. The Balaban J connectivity index is 0.551. The Bertz CT molecular complexity index is 5210. The largest absolute Gasteiger partial charge is 0.192 e. The zero-order valence-corrected chi connectivity index (χ0v) is 59.6. The van der Waals surface area contributed by atoms with Crippen molar-refractivity contribution >= 4 is 141 Å². The normalized spacial score (nSPS) is 27.2. The second kappa shape index (κ2) is 24.3. The summed E-state index contributed by atoms with van der Waals surface area (Å²) in [5.74, 6) is 15.5. The van der Waals surface area contributed by atoms with Crippen LogP contribution in [0, 0.1) is 147 Å². The van der Waals surface area contributed by atoms with Gasteiger partial charge < -0.3 is 0 Å². The number of nitrogens with zero attached hydrogens (tertiary/aromatic N) is 8. The maximum Gasteiger partial charge on any atom is 0.137 e. The molecule has 4 bridgehead atoms. The minimum absolute atomic E-state index is 0.0264. The molecular formula is C80H50N8S9. The SMILES string of the molecule is N#CC(C#N)=c1ccc(=C(C#N)C#N)c2c1C=C(C13CCC(C4=CC5=C(C4)S/C(=C4\SC6=C(Cc7c(cc8c(c7C#CC#CC#CS)CC7=C(C8)S/C(=C8\SC9=C(CC(C%10%11CCC(C%12=Cc%13c(c(=C(C#N)C#N)ccc%13=C(C#N)C#N)C%12)(CC%10)CC%11)=C9)S8)S7)C6)S4)S5)(CC1)CC3)C2. The Morgan fingerprint density at radius 1 is 0.330 bits per heavy atom. The second-order valence-electron chi connectivity index (χ2n) is 27.2. The summed E-state index contributed by atoms with van der Waals surface area (Å²) in [6, 6.07) is 26.1. The number of hydrogen-bond donors (Lipinski definition) is 1. The van der Waals surface area contributed by atoms with Crippen molar-refractivity contribution in [2.75, 3.05) is 0 Å². The second-order valence-corrected chi connectivity index (χ2v) is 37.2. The van der Waals surface area contributed by atoms with Crippen molar-refractivity contribution in [3.63, 3.8) is 0 Å². The predicted molar refractivity (Wildman–Crippen MR) is 399 cm³/mol. The number of benzene rings is 3. The van der Waals surface area contributed by atoms with E-state index >= 15 is 0 Å². The van der Waals surface area contributed by atoms with Crippen LogP contribution in [-0.4, -0.2) is 0 Å². The number of thioether (sulfide) groups is 8. The molecule has 0 atom stereocenters. The maximum absolute atomic E-state index is 9.87. The Hall–Kier alpha value is -7.71. The van der Waals surface area contributed by atoms with Crippen LogP contribution in [-0.2, 0) is 38.5 Å². The first kappa shape index (κ1) is 62.8. The molecule has 12 aliphatic carbocycles. The molecule has 0 spiro atoms. The molecule has 97 heavy (non-hydrogen) atoms. The van der Waals surface area contributed by atoms with E-state index in [0.717, 1.165) is 143 Å². The van der Waals surface area contributed by atoms with Crippen LogP contribution in [0.5, 0.6) is 0 Å². The van der Waals surface area contributed by atoms with Crippen molar-refractivity contribution in [2.45, 2.75) is 128 Å². The van der Waals surface area contributed by atoms with Crippen LogP contribution in [0.3, 0.4) is 0 Å². The van der Waals surface area contributed by atoms with Gasteiger partial charge in [-0.3, -0.25) is 0 Å². The zero-order chi connectivity index (χ0) is 66.1. The van der Waals surface area contributed by atoms with Crippen LogP contribution in [0.2, 0.25) is 0 Å².